The highest BCUT2D eigenvalue weighted by Gasteiger charge is 2.47. The second kappa shape index (κ2) is 10.0. The first-order chi connectivity index (χ1) is 15.3. The maximum Gasteiger partial charge on any atom is 0.225 e. The highest BCUT2D eigenvalue weighted by Crippen LogP contribution is 2.43. The average molecular weight is 448 g/mol. The van der Waals surface area contributed by atoms with Crippen molar-refractivity contribution in [3.05, 3.63) is 0 Å². The topological polar surface area (TPSA) is 70.7 Å². The molecule has 2 aliphatic carbocycles. The summed E-state index contributed by atoms with van der Waals surface area (Å²) in [5.41, 5.74) is 0. The number of likely N-dealkylation sites (tertiary alicyclic amines) is 1. The number of rotatable bonds is 4. The van der Waals surface area contributed by atoms with Gasteiger partial charge >= 0.3 is 0 Å². The molecule has 0 spiro atoms. The van der Waals surface area contributed by atoms with E-state index in [0.29, 0.717) is 41.7 Å². The fourth-order valence-corrected chi connectivity index (χ4v) is 7.27. The van der Waals surface area contributed by atoms with E-state index in [-0.39, 0.29) is 29.9 Å². The van der Waals surface area contributed by atoms with Crippen molar-refractivity contribution in [2.24, 2.45) is 35.5 Å². The van der Waals surface area contributed by atoms with Gasteiger partial charge in [-0.1, -0.05) is 13.8 Å². The molecule has 0 aromatic carbocycles. The summed E-state index contributed by atoms with van der Waals surface area (Å²) < 4.78 is 5.63. The summed E-state index contributed by atoms with van der Waals surface area (Å²) in [6.07, 6.45) is 8.15. The van der Waals surface area contributed by atoms with Crippen molar-refractivity contribution >= 4 is 11.8 Å². The Morgan fingerprint density at radius 3 is 2.53 bits per heavy atom. The number of ether oxygens (including phenoxy) is 1. The molecule has 4 aliphatic rings. The van der Waals surface area contributed by atoms with Gasteiger partial charge in [0.15, 0.2) is 0 Å². The molecule has 6 nitrogen and oxygen atoms in total. The van der Waals surface area contributed by atoms with Crippen molar-refractivity contribution in [1.82, 2.24) is 15.5 Å². The molecule has 4 fully saturated rings. The summed E-state index contributed by atoms with van der Waals surface area (Å²) >= 11 is 0. The number of hydrogen-bond donors (Lipinski definition) is 2. The van der Waals surface area contributed by atoms with E-state index in [4.69, 9.17) is 4.74 Å². The van der Waals surface area contributed by atoms with Crippen LogP contribution in [0.1, 0.15) is 72.1 Å². The third-order valence-electron chi connectivity index (χ3n) is 9.50. The first-order valence-electron chi connectivity index (χ1n) is 13.1. The van der Waals surface area contributed by atoms with Crippen molar-refractivity contribution in [3.63, 3.8) is 0 Å². The molecule has 2 saturated heterocycles. The van der Waals surface area contributed by atoms with Crippen LogP contribution in [-0.4, -0.2) is 61.6 Å². The minimum atomic E-state index is 0.0625. The number of hydrogen-bond acceptors (Lipinski definition) is 4. The van der Waals surface area contributed by atoms with Crippen LogP contribution in [0, 0.1) is 35.5 Å². The largest absolute Gasteiger partial charge is 0.381 e. The van der Waals surface area contributed by atoms with Gasteiger partial charge < -0.3 is 20.3 Å². The number of piperidine rings is 2. The Balaban J connectivity index is 1.38. The van der Waals surface area contributed by atoms with Gasteiger partial charge in [0, 0.05) is 50.7 Å². The fraction of sp³-hybridized carbons (Fsp3) is 0.923. The standard InChI is InChI=1S/C26H45N3O3/c1-15-7-9-20(28-25(30)18-8-6-16(2)24(12-18)32-5)13-21(15)22-11-19-14-27-17(3)10-23(19)29(4)26(22)31/h15-24,27H,6-14H2,1-5H3,(H,28,30). The number of carbonyl (C=O) groups excluding carboxylic acids is 2. The molecule has 2 N–H and O–H groups in total. The van der Waals surface area contributed by atoms with Crippen LogP contribution in [0.5, 0.6) is 0 Å². The van der Waals surface area contributed by atoms with Crippen LogP contribution in [0.2, 0.25) is 0 Å². The molecule has 182 valence electrons. The molecule has 6 heteroatoms. The normalized spacial score (nSPS) is 45.3. The SMILES string of the molecule is COC1CC(C(=O)NC2CCC(C)C(C3CC4CNC(C)CC4N(C)C3=O)C2)CCC1C. The molecular weight excluding hydrogens is 402 g/mol. The van der Waals surface area contributed by atoms with Crippen molar-refractivity contribution in [2.45, 2.75) is 96.4 Å². The van der Waals surface area contributed by atoms with Crippen LogP contribution in [-0.2, 0) is 14.3 Å². The lowest BCUT2D eigenvalue weighted by Gasteiger charge is -2.50. The van der Waals surface area contributed by atoms with Crippen molar-refractivity contribution in [3.8, 4) is 0 Å². The van der Waals surface area contributed by atoms with Gasteiger partial charge in [0.25, 0.3) is 0 Å². The first-order valence-corrected chi connectivity index (χ1v) is 13.1. The molecular formula is C26H45N3O3. The van der Waals surface area contributed by atoms with Gasteiger partial charge in [-0.05, 0) is 82.0 Å². The zero-order valence-electron chi connectivity index (χ0n) is 20.8. The third-order valence-corrected chi connectivity index (χ3v) is 9.50. The quantitative estimate of drug-likeness (QED) is 0.694. The minimum Gasteiger partial charge on any atom is -0.381 e. The Morgan fingerprint density at radius 2 is 1.78 bits per heavy atom. The maximum atomic E-state index is 13.4. The summed E-state index contributed by atoms with van der Waals surface area (Å²) in [6.45, 7) is 7.77. The molecule has 4 rings (SSSR count). The van der Waals surface area contributed by atoms with Gasteiger partial charge in [-0.15, -0.1) is 0 Å². The Labute approximate surface area is 194 Å². The van der Waals surface area contributed by atoms with E-state index in [0.717, 1.165) is 57.9 Å². The molecule has 2 saturated carbocycles. The van der Waals surface area contributed by atoms with Gasteiger partial charge in [-0.25, -0.2) is 0 Å². The lowest BCUT2D eigenvalue weighted by Crippen LogP contribution is -2.60. The summed E-state index contributed by atoms with van der Waals surface area (Å²) in [5, 5.41) is 7.02. The van der Waals surface area contributed by atoms with E-state index in [9.17, 15) is 9.59 Å². The van der Waals surface area contributed by atoms with Gasteiger partial charge in [0.05, 0.1) is 6.10 Å². The van der Waals surface area contributed by atoms with Crippen molar-refractivity contribution in [1.29, 1.82) is 0 Å². The molecule has 2 aliphatic heterocycles. The predicted molar refractivity (Wildman–Crippen MR) is 126 cm³/mol. The molecule has 10 atom stereocenters. The highest BCUT2D eigenvalue weighted by molar-refractivity contribution is 5.80. The fourth-order valence-electron chi connectivity index (χ4n) is 7.27. The van der Waals surface area contributed by atoms with E-state index in [1.54, 1.807) is 7.11 Å². The summed E-state index contributed by atoms with van der Waals surface area (Å²) in [5.74, 6) is 2.68. The van der Waals surface area contributed by atoms with Gasteiger partial charge in [-0.3, -0.25) is 9.59 Å². The Kier molecular flexibility index (Phi) is 7.50. The van der Waals surface area contributed by atoms with Gasteiger partial charge in [-0.2, -0.15) is 0 Å². The molecule has 2 heterocycles. The monoisotopic (exact) mass is 447 g/mol. The predicted octanol–water partition coefficient (Wildman–Crippen LogP) is 3.20. The molecule has 0 bridgehead atoms. The number of amides is 2. The van der Waals surface area contributed by atoms with Crippen molar-refractivity contribution < 1.29 is 14.3 Å². The number of carbonyl (C=O) groups is 2. The summed E-state index contributed by atoms with van der Waals surface area (Å²) in [4.78, 5) is 28.6. The second-order valence-corrected chi connectivity index (χ2v) is 11.6. The van der Waals surface area contributed by atoms with Gasteiger partial charge in [0.1, 0.15) is 0 Å². The number of nitrogens with zero attached hydrogens (tertiary/aromatic N) is 1. The van der Waals surface area contributed by atoms with Crippen molar-refractivity contribution in [2.75, 3.05) is 20.7 Å². The minimum absolute atomic E-state index is 0.0625. The van der Waals surface area contributed by atoms with E-state index in [1.165, 1.54) is 0 Å². The van der Waals surface area contributed by atoms with Crippen LogP contribution in [0.4, 0.5) is 0 Å². The van der Waals surface area contributed by atoms with Crippen LogP contribution < -0.4 is 10.6 Å². The summed E-state index contributed by atoms with van der Waals surface area (Å²) in [6, 6.07) is 1.06. The lowest BCUT2D eigenvalue weighted by atomic mass is 9.65. The van der Waals surface area contributed by atoms with Crippen LogP contribution in [0.3, 0.4) is 0 Å². The smallest absolute Gasteiger partial charge is 0.225 e. The molecule has 10 unspecified atom stereocenters. The van der Waals surface area contributed by atoms with Crippen LogP contribution >= 0.6 is 0 Å². The molecule has 0 aromatic rings. The van der Waals surface area contributed by atoms with Crippen LogP contribution in [0.25, 0.3) is 0 Å². The van der Waals surface area contributed by atoms with E-state index < -0.39 is 0 Å². The van der Waals surface area contributed by atoms with E-state index >= 15 is 0 Å². The van der Waals surface area contributed by atoms with E-state index in [1.807, 2.05) is 7.05 Å². The van der Waals surface area contributed by atoms with Crippen LogP contribution in [0.15, 0.2) is 0 Å². The Hall–Kier alpha value is -1.14. The number of fused-ring (bicyclic) bond motifs is 1. The molecule has 0 radical (unpaired) electrons. The molecule has 0 aromatic heterocycles. The highest BCUT2D eigenvalue weighted by atomic mass is 16.5. The van der Waals surface area contributed by atoms with Gasteiger partial charge in [0.2, 0.25) is 11.8 Å². The number of nitrogens with one attached hydrogen (secondary N) is 2. The Bertz CT molecular complexity index is 685. The number of methoxy groups -OCH3 is 1. The Morgan fingerprint density at radius 1 is 1.03 bits per heavy atom. The summed E-state index contributed by atoms with van der Waals surface area (Å²) in [7, 11) is 3.78. The van der Waals surface area contributed by atoms with E-state index in [2.05, 4.69) is 36.3 Å². The molecule has 2 amide bonds. The zero-order valence-corrected chi connectivity index (χ0v) is 20.8. The maximum absolute atomic E-state index is 13.4. The average Bonchev–Trinajstić information content (AvgIpc) is 2.78. The third kappa shape index (κ3) is 4.86. The zero-order chi connectivity index (χ0) is 23.0. The first kappa shape index (κ1) is 24.0. The lowest BCUT2D eigenvalue weighted by molar-refractivity contribution is -0.148. The second-order valence-electron chi connectivity index (χ2n) is 11.6. The molecule has 32 heavy (non-hydrogen) atoms.